The Morgan fingerprint density at radius 1 is 1.18 bits per heavy atom. The van der Waals surface area contributed by atoms with Gasteiger partial charge in [-0.3, -0.25) is 4.68 Å². The summed E-state index contributed by atoms with van der Waals surface area (Å²) in [6.45, 7) is 11.6. The van der Waals surface area contributed by atoms with Gasteiger partial charge >= 0.3 is 6.09 Å². The van der Waals surface area contributed by atoms with E-state index in [9.17, 15) is 4.79 Å². The van der Waals surface area contributed by atoms with E-state index in [4.69, 9.17) is 14.5 Å². The van der Waals surface area contributed by atoms with Gasteiger partial charge in [-0.15, -0.1) is 11.3 Å². The molecule has 5 heterocycles. The maximum atomic E-state index is 12.3. The molecule has 0 spiro atoms. The lowest BCUT2D eigenvalue weighted by Crippen LogP contribution is -2.52. The average molecular weight is 534 g/mol. The number of hydrogen-bond acceptors (Lipinski definition) is 8. The summed E-state index contributed by atoms with van der Waals surface area (Å²) in [5.74, 6) is 1.61. The number of thiazole rings is 1. The van der Waals surface area contributed by atoms with Crippen molar-refractivity contribution in [1.29, 1.82) is 0 Å². The lowest BCUT2D eigenvalue weighted by molar-refractivity contribution is -0.000383. The summed E-state index contributed by atoms with van der Waals surface area (Å²) in [4.78, 5) is 24.6. The number of likely N-dealkylation sites (tertiary alicyclic amines) is 1. The van der Waals surface area contributed by atoms with Crippen LogP contribution in [0.3, 0.4) is 0 Å². The number of ether oxygens (including phenoxy) is 2. The summed E-state index contributed by atoms with van der Waals surface area (Å²) in [5, 5.41) is 9.82. The minimum Gasteiger partial charge on any atom is -0.492 e. The lowest BCUT2D eigenvalue weighted by Gasteiger charge is -2.39. The second-order valence-electron chi connectivity index (χ2n) is 11.0. The predicted octanol–water partition coefficient (Wildman–Crippen LogP) is 5.24. The maximum Gasteiger partial charge on any atom is 0.410 e. The molecule has 0 N–H and O–H groups in total. The van der Waals surface area contributed by atoms with Crippen molar-refractivity contribution in [2.45, 2.75) is 58.7 Å². The standard InChI is InChI=1S/C27H31N7O3S/c1-16(2)34-24(28-15-30-34)25-31-23-20-7-6-17(10-21(20)36-9-8-22(23)38-25)18-11-29-33(12-18)19-13-32(14-19)26(35)37-27(3,4)5/h6-7,10-12,15-16,19H,8-9,13-14H2,1-5H3. The molecule has 0 bridgehead atoms. The fraction of sp³-hybridized carbons (Fsp3) is 0.444. The number of hydrogen-bond donors (Lipinski definition) is 0. The first-order chi connectivity index (χ1) is 18.2. The monoisotopic (exact) mass is 533 g/mol. The molecular weight excluding hydrogens is 502 g/mol. The summed E-state index contributed by atoms with van der Waals surface area (Å²) in [6, 6.07) is 6.57. The highest BCUT2D eigenvalue weighted by Crippen LogP contribution is 2.41. The number of benzene rings is 1. The third-order valence-electron chi connectivity index (χ3n) is 6.60. The second-order valence-corrected chi connectivity index (χ2v) is 12.1. The van der Waals surface area contributed by atoms with E-state index in [1.165, 1.54) is 4.88 Å². The number of carbonyl (C=O) groups excluding carboxylic acids is 1. The van der Waals surface area contributed by atoms with Crippen molar-refractivity contribution in [2.24, 2.45) is 0 Å². The molecule has 11 heteroatoms. The molecule has 0 aliphatic carbocycles. The van der Waals surface area contributed by atoms with E-state index in [1.54, 1.807) is 22.6 Å². The first-order valence-electron chi connectivity index (χ1n) is 12.9. The molecule has 0 atom stereocenters. The summed E-state index contributed by atoms with van der Waals surface area (Å²) in [5.41, 5.74) is 3.47. The topological polar surface area (TPSA) is 100 Å². The van der Waals surface area contributed by atoms with Crippen molar-refractivity contribution < 1.29 is 14.3 Å². The van der Waals surface area contributed by atoms with Crippen LogP contribution in [0.5, 0.6) is 5.75 Å². The van der Waals surface area contributed by atoms with Crippen LogP contribution < -0.4 is 4.74 Å². The van der Waals surface area contributed by atoms with E-state index in [0.717, 1.165) is 45.4 Å². The molecule has 0 unspecified atom stereocenters. The molecule has 198 valence electrons. The molecular formula is C27H31N7O3S. The molecule has 0 radical (unpaired) electrons. The zero-order valence-electron chi connectivity index (χ0n) is 22.2. The first kappa shape index (κ1) is 24.6. The van der Waals surface area contributed by atoms with Crippen LogP contribution >= 0.6 is 11.3 Å². The van der Waals surface area contributed by atoms with Crippen LogP contribution in [0.4, 0.5) is 4.79 Å². The number of amides is 1. The van der Waals surface area contributed by atoms with Crippen molar-refractivity contribution >= 4 is 17.4 Å². The molecule has 1 saturated heterocycles. The van der Waals surface area contributed by atoms with Crippen molar-refractivity contribution in [3.05, 3.63) is 41.8 Å². The van der Waals surface area contributed by atoms with E-state index in [1.807, 2.05) is 42.5 Å². The first-order valence-corrected chi connectivity index (χ1v) is 13.7. The van der Waals surface area contributed by atoms with Crippen LogP contribution in [-0.2, 0) is 11.2 Å². The van der Waals surface area contributed by atoms with E-state index < -0.39 is 5.60 Å². The maximum absolute atomic E-state index is 12.3. The normalized spacial score (nSPS) is 15.5. The zero-order valence-corrected chi connectivity index (χ0v) is 23.0. The van der Waals surface area contributed by atoms with Gasteiger partial charge in [0.25, 0.3) is 0 Å². The van der Waals surface area contributed by atoms with E-state index >= 15 is 0 Å². The van der Waals surface area contributed by atoms with Crippen molar-refractivity contribution in [1.82, 2.24) is 34.4 Å². The fourth-order valence-corrected chi connectivity index (χ4v) is 5.71. The van der Waals surface area contributed by atoms with Crippen molar-refractivity contribution in [3.8, 4) is 39.0 Å². The fourth-order valence-electron chi connectivity index (χ4n) is 4.66. The Bertz CT molecular complexity index is 1490. The third kappa shape index (κ3) is 4.55. The number of aromatic nitrogens is 6. The SMILES string of the molecule is CC(C)n1ncnc1-c1nc2c(s1)CCOc1cc(-c3cnn(C4CN(C(=O)OC(C)(C)C)C4)c3)ccc1-2. The van der Waals surface area contributed by atoms with Gasteiger partial charge in [0.15, 0.2) is 10.8 Å². The van der Waals surface area contributed by atoms with Crippen molar-refractivity contribution in [3.63, 3.8) is 0 Å². The highest BCUT2D eigenvalue weighted by atomic mass is 32.1. The Balaban J connectivity index is 1.21. The largest absolute Gasteiger partial charge is 0.492 e. The van der Waals surface area contributed by atoms with Crippen LogP contribution in [-0.4, -0.2) is 65.8 Å². The predicted molar refractivity (Wildman–Crippen MR) is 144 cm³/mol. The molecule has 0 saturated carbocycles. The van der Waals surface area contributed by atoms with Gasteiger partial charge in [0, 0.05) is 47.8 Å². The third-order valence-corrected chi connectivity index (χ3v) is 7.71. The molecule has 2 aliphatic heterocycles. The highest BCUT2D eigenvalue weighted by molar-refractivity contribution is 7.15. The molecule has 1 amide bonds. The van der Waals surface area contributed by atoms with Gasteiger partial charge in [-0.1, -0.05) is 6.07 Å². The van der Waals surface area contributed by atoms with Gasteiger partial charge in [-0.25, -0.2) is 19.4 Å². The Morgan fingerprint density at radius 2 is 2.00 bits per heavy atom. The molecule has 2 aliphatic rings. The molecule has 38 heavy (non-hydrogen) atoms. The second kappa shape index (κ2) is 9.23. The molecule has 6 rings (SSSR count). The van der Waals surface area contributed by atoms with Crippen molar-refractivity contribution in [2.75, 3.05) is 19.7 Å². The van der Waals surface area contributed by atoms with Crippen LogP contribution in [0, 0.1) is 0 Å². The molecule has 1 fully saturated rings. The number of fused-ring (bicyclic) bond motifs is 3. The average Bonchev–Trinajstić information content (AvgIpc) is 3.55. The smallest absolute Gasteiger partial charge is 0.410 e. The number of rotatable bonds is 4. The highest BCUT2D eigenvalue weighted by Gasteiger charge is 2.35. The van der Waals surface area contributed by atoms with Crippen LogP contribution in [0.2, 0.25) is 0 Å². The van der Waals surface area contributed by atoms with Gasteiger partial charge in [0.2, 0.25) is 0 Å². The van der Waals surface area contributed by atoms with Gasteiger partial charge < -0.3 is 14.4 Å². The Morgan fingerprint density at radius 3 is 2.76 bits per heavy atom. The molecule has 10 nitrogen and oxygen atoms in total. The molecule has 4 aromatic rings. The minimum atomic E-state index is -0.497. The lowest BCUT2D eigenvalue weighted by atomic mass is 10.0. The van der Waals surface area contributed by atoms with E-state index in [2.05, 4.69) is 47.2 Å². The summed E-state index contributed by atoms with van der Waals surface area (Å²) >= 11 is 1.66. The summed E-state index contributed by atoms with van der Waals surface area (Å²) in [7, 11) is 0. The number of nitrogens with zero attached hydrogens (tertiary/aromatic N) is 7. The van der Waals surface area contributed by atoms with Gasteiger partial charge in [0.1, 0.15) is 17.7 Å². The van der Waals surface area contributed by atoms with Gasteiger partial charge in [-0.05, 0) is 52.3 Å². The van der Waals surface area contributed by atoms with Gasteiger partial charge in [0.05, 0.1) is 24.5 Å². The summed E-state index contributed by atoms with van der Waals surface area (Å²) in [6.07, 6.45) is 5.99. The minimum absolute atomic E-state index is 0.136. The molecule has 1 aromatic carbocycles. The Labute approximate surface area is 225 Å². The zero-order chi connectivity index (χ0) is 26.6. The van der Waals surface area contributed by atoms with Crippen LogP contribution in [0.1, 0.15) is 51.6 Å². The van der Waals surface area contributed by atoms with Crippen LogP contribution in [0.25, 0.3) is 33.2 Å². The quantitative estimate of drug-likeness (QED) is 0.354. The molecule has 3 aromatic heterocycles. The van der Waals surface area contributed by atoms with E-state index in [0.29, 0.717) is 19.7 Å². The Hall–Kier alpha value is -3.73. The van der Waals surface area contributed by atoms with Crippen LogP contribution in [0.15, 0.2) is 36.9 Å². The summed E-state index contributed by atoms with van der Waals surface area (Å²) < 4.78 is 15.5. The van der Waals surface area contributed by atoms with E-state index in [-0.39, 0.29) is 18.2 Å². The Kier molecular flexibility index (Phi) is 5.97. The number of carbonyl (C=O) groups is 1. The van der Waals surface area contributed by atoms with Gasteiger partial charge in [-0.2, -0.15) is 10.2 Å².